The number of esters is 1. The van der Waals surface area contributed by atoms with E-state index in [1.807, 2.05) is 0 Å². The standard InChI is InChI=1S/C14H18Cl2N2O4S/c1-7(12(19)21-5)23-8-6-9(17-11(16)10(8)15)18-13(20)22-14(2,3)4/h6-7H,1-5H3,(H,17,18,20). The third-order valence-corrected chi connectivity index (χ3v) is 4.34. The van der Waals surface area contributed by atoms with Gasteiger partial charge in [-0.05, 0) is 33.8 Å². The lowest BCUT2D eigenvalue weighted by molar-refractivity contribution is -0.139. The van der Waals surface area contributed by atoms with E-state index < -0.39 is 22.9 Å². The van der Waals surface area contributed by atoms with E-state index in [4.69, 9.17) is 27.9 Å². The Labute approximate surface area is 149 Å². The van der Waals surface area contributed by atoms with Crippen molar-refractivity contribution in [2.45, 2.75) is 43.4 Å². The normalized spacial score (nSPS) is 12.5. The second-order valence-corrected chi connectivity index (χ2v) is 7.64. The van der Waals surface area contributed by atoms with E-state index >= 15 is 0 Å². The molecule has 1 amide bonds. The molecule has 1 rings (SSSR count). The van der Waals surface area contributed by atoms with E-state index in [1.54, 1.807) is 27.7 Å². The van der Waals surface area contributed by atoms with Crippen LogP contribution < -0.4 is 5.32 Å². The van der Waals surface area contributed by atoms with Crippen LogP contribution in [0.25, 0.3) is 0 Å². The maximum atomic E-state index is 11.8. The fourth-order valence-electron chi connectivity index (χ4n) is 1.44. The molecule has 23 heavy (non-hydrogen) atoms. The first-order chi connectivity index (χ1) is 10.5. The van der Waals surface area contributed by atoms with Gasteiger partial charge in [0.1, 0.15) is 16.7 Å². The summed E-state index contributed by atoms with van der Waals surface area (Å²) in [6.07, 6.45) is -0.666. The Kier molecular flexibility index (Phi) is 6.98. The van der Waals surface area contributed by atoms with E-state index in [9.17, 15) is 9.59 Å². The number of halogens is 2. The Morgan fingerprint density at radius 2 is 1.96 bits per heavy atom. The molecule has 1 N–H and O–H groups in total. The molecule has 0 saturated carbocycles. The summed E-state index contributed by atoms with van der Waals surface area (Å²) in [6.45, 7) is 6.90. The molecular formula is C14H18Cl2N2O4S. The van der Waals surface area contributed by atoms with E-state index in [0.717, 1.165) is 11.8 Å². The highest BCUT2D eigenvalue weighted by Gasteiger charge is 2.21. The molecule has 1 aromatic heterocycles. The molecule has 0 aromatic carbocycles. The van der Waals surface area contributed by atoms with Crippen molar-refractivity contribution in [3.05, 3.63) is 16.2 Å². The van der Waals surface area contributed by atoms with Crippen LogP contribution in [0.3, 0.4) is 0 Å². The van der Waals surface area contributed by atoms with Crippen molar-refractivity contribution < 1.29 is 19.1 Å². The molecule has 0 aliphatic carbocycles. The van der Waals surface area contributed by atoms with Crippen LogP contribution in [0.5, 0.6) is 0 Å². The highest BCUT2D eigenvalue weighted by Crippen LogP contribution is 2.36. The summed E-state index contributed by atoms with van der Waals surface area (Å²) in [4.78, 5) is 27.8. The number of carbonyl (C=O) groups excluding carboxylic acids is 2. The largest absolute Gasteiger partial charge is 0.468 e. The van der Waals surface area contributed by atoms with Gasteiger partial charge >= 0.3 is 12.1 Å². The van der Waals surface area contributed by atoms with Gasteiger partial charge in [0.25, 0.3) is 0 Å². The van der Waals surface area contributed by atoms with Crippen LogP contribution in [-0.2, 0) is 14.3 Å². The molecule has 1 atom stereocenters. The molecule has 0 spiro atoms. The zero-order chi connectivity index (χ0) is 17.8. The number of nitrogens with one attached hydrogen (secondary N) is 1. The summed E-state index contributed by atoms with van der Waals surface area (Å²) in [5, 5.41) is 2.19. The first kappa shape index (κ1) is 19.9. The molecule has 1 aromatic rings. The zero-order valence-corrected chi connectivity index (χ0v) is 15.7. The molecule has 9 heteroatoms. The molecular weight excluding hydrogens is 363 g/mol. The maximum Gasteiger partial charge on any atom is 0.413 e. The average Bonchev–Trinajstić information content (AvgIpc) is 2.40. The number of carbonyl (C=O) groups is 2. The SMILES string of the molecule is COC(=O)C(C)Sc1cc(NC(=O)OC(C)(C)C)nc(Cl)c1Cl. The second-order valence-electron chi connectivity index (χ2n) is 5.52. The summed E-state index contributed by atoms with van der Waals surface area (Å²) < 4.78 is 9.80. The van der Waals surface area contributed by atoms with Gasteiger partial charge in [-0.3, -0.25) is 10.1 Å². The minimum Gasteiger partial charge on any atom is -0.468 e. The quantitative estimate of drug-likeness (QED) is 0.474. The van der Waals surface area contributed by atoms with Crippen molar-refractivity contribution in [1.82, 2.24) is 4.98 Å². The number of pyridine rings is 1. The Morgan fingerprint density at radius 1 is 1.35 bits per heavy atom. The van der Waals surface area contributed by atoms with Gasteiger partial charge in [0.2, 0.25) is 0 Å². The highest BCUT2D eigenvalue weighted by atomic mass is 35.5. The van der Waals surface area contributed by atoms with E-state index in [2.05, 4.69) is 15.0 Å². The smallest absolute Gasteiger partial charge is 0.413 e. The molecule has 1 unspecified atom stereocenters. The number of thioether (sulfide) groups is 1. The Hall–Kier alpha value is -1.18. The average molecular weight is 381 g/mol. The van der Waals surface area contributed by atoms with Crippen molar-refractivity contribution in [3.63, 3.8) is 0 Å². The van der Waals surface area contributed by atoms with Gasteiger partial charge in [-0.15, -0.1) is 11.8 Å². The lowest BCUT2D eigenvalue weighted by Crippen LogP contribution is -2.27. The van der Waals surface area contributed by atoms with Crippen molar-refractivity contribution in [3.8, 4) is 0 Å². The van der Waals surface area contributed by atoms with Crippen molar-refractivity contribution >= 4 is 52.8 Å². The number of hydrogen-bond donors (Lipinski definition) is 1. The van der Waals surface area contributed by atoms with Crippen LogP contribution in [0, 0.1) is 0 Å². The predicted octanol–water partition coefficient (Wildman–Crippen LogP) is 4.39. The number of ether oxygens (including phenoxy) is 2. The topological polar surface area (TPSA) is 77.5 Å². The summed E-state index contributed by atoms with van der Waals surface area (Å²) in [5.41, 5.74) is -0.642. The number of nitrogens with zero attached hydrogens (tertiary/aromatic N) is 1. The molecule has 0 saturated heterocycles. The molecule has 0 aliphatic heterocycles. The minimum absolute atomic E-state index is 0.0137. The fourth-order valence-corrected chi connectivity index (χ4v) is 2.87. The van der Waals surface area contributed by atoms with Crippen LogP contribution in [0.4, 0.5) is 10.6 Å². The third kappa shape index (κ3) is 6.45. The van der Waals surface area contributed by atoms with Crippen molar-refractivity contribution in [2.24, 2.45) is 0 Å². The van der Waals surface area contributed by atoms with Crippen LogP contribution >= 0.6 is 35.0 Å². The second kappa shape index (κ2) is 8.08. The monoisotopic (exact) mass is 380 g/mol. The van der Waals surface area contributed by atoms with Gasteiger partial charge in [0.05, 0.1) is 12.1 Å². The number of anilines is 1. The Morgan fingerprint density at radius 3 is 2.48 bits per heavy atom. The van der Waals surface area contributed by atoms with Crippen LogP contribution in [0.2, 0.25) is 10.2 Å². The zero-order valence-electron chi connectivity index (χ0n) is 13.4. The third-order valence-electron chi connectivity index (χ3n) is 2.35. The molecule has 6 nitrogen and oxygen atoms in total. The van der Waals surface area contributed by atoms with Gasteiger partial charge in [0.15, 0.2) is 5.15 Å². The number of amides is 1. The predicted molar refractivity (Wildman–Crippen MR) is 91.4 cm³/mol. The summed E-state index contributed by atoms with van der Waals surface area (Å²) in [5.74, 6) is -0.228. The molecule has 0 bridgehead atoms. The number of methoxy groups -OCH3 is 1. The molecule has 1 heterocycles. The van der Waals surface area contributed by atoms with Crippen LogP contribution in [0.15, 0.2) is 11.0 Å². The summed E-state index contributed by atoms with van der Waals surface area (Å²) in [6, 6.07) is 1.52. The van der Waals surface area contributed by atoms with Crippen molar-refractivity contribution in [1.29, 1.82) is 0 Å². The van der Waals surface area contributed by atoms with Gasteiger partial charge < -0.3 is 9.47 Å². The molecule has 0 fully saturated rings. The molecule has 0 aliphatic rings. The molecule has 0 radical (unpaired) electrons. The van der Waals surface area contributed by atoms with E-state index in [-0.39, 0.29) is 16.0 Å². The minimum atomic E-state index is -0.666. The van der Waals surface area contributed by atoms with Gasteiger partial charge in [-0.1, -0.05) is 23.2 Å². The van der Waals surface area contributed by atoms with Gasteiger partial charge in [0, 0.05) is 4.90 Å². The number of rotatable bonds is 4. The highest BCUT2D eigenvalue weighted by molar-refractivity contribution is 8.00. The van der Waals surface area contributed by atoms with Crippen molar-refractivity contribution in [2.75, 3.05) is 12.4 Å². The fraction of sp³-hybridized carbons (Fsp3) is 0.500. The Bertz CT molecular complexity index is 605. The van der Waals surface area contributed by atoms with E-state index in [0.29, 0.717) is 4.90 Å². The lowest BCUT2D eigenvalue weighted by Gasteiger charge is -2.19. The van der Waals surface area contributed by atoms with Gasteiger partial charge in [-0.25, -0.2) is 9.78 Å². The summed E-state index contributed by atoms with van der Waals surface area (Å²) in [7, 11) is 1.30. The van der Waals surface area contributed by atoms with E-state index in [1.165, 1.54) is 13.2 Å². The summed E-state index contributed by atoms with van der Waals surface area (Å²) >= 11 is 13.2. The Balaban J connectivity index is 2.95. The first-order valence-corrected chi connectivity index (χ1v) is 8.27. The number of hydrogen-bond acceptors (Lipinski definition) is 6. The van der Waals surface area contributed by atoms with Crippen LogP contribution in [-0.4, -0.2) is 35.0 Å². The maximum absolute atomic E-state index is 11.8. The molecule has 128 valence electrons. The number of aromatic nitrogens is 1. The van der Waals surface area contributed by atoms with Crippen LogP contribution in [0.1, 0.15) is 27.7 Å². The first-order valence-electron chi connectivity index (χ1n) is 6.64. The van der Waals surface area contributed by atoms with Gasteiger partial charge in [-0.2, -0.15) is 0 Å². The lowest BCUT2D eigenvalue weighted by atomic mass is 10.2.